The van der Waals surface area contributed by atoms with E-state index in [9.17, 15) is 5.11 Å². The number of methoxy groups -OCH3 is 1. The van der Waals surface area contributed by atoms with Crippen LogP contribution in [0.4, 0.5) is 0 Å². The summed E-state index contributed by atoms with van der Waals surface area (Å²) in [6.45, 7) is 6.91. The van der Waals surface area contributed by atoms with Gasteiger partial charge < -0.3 is 24.6 Å². The summed E-state index contributed by atoms with van der Waals surface area (Å²) in [6.07, 6.45) is 4.28. The van der Waals surface area contributed by atoms with Gasteiger partial charge in [-0.15, -0.1) is 0 Å². The highest BCUT2D eigenvalue weighted by atomic mass is 16.5. The molecular formula is C15H31NO4. The van der Waals surface area contributed by atoms with E-state index in [4.69, 9.17) is 14.2 Å². The first kappa shape index (κ1) is 17.9. The molecule has 5 heteroatoms. The molecule has 120 valence electrons. The second-order valence-electron chi connectivity index (χ2n) is 5.98. The van der Waals surface area contributed by atoms with E-state index in [2.05, 4.69) is 12.2 Å². The largest absolute Gasteiger partial charge is 0.394 e. The molecule has 0 amide bonds. The first-order valence-corrected chi connectivity index (χ1v) is 7.66. The van der Waals surface area contributed by atoms with Crippen LogP contribution >= 0.6 is 0 Å². The molecule has 0 aromatic carbocycles. The van der Waals surface area contributed by atoms with Crippen LogP contribution in [0.15, 0.2) is 0 Å². The highest BCUT2D eigenvalue weighted by Gasteiger charge is 2.33. The fourth-order valence-electron chi connectivity index (χ4n) is 2.30. The Morgan fingerprint density at radius 3 is 2.60 bits per heavy atom. The van der Waals surface area contributed by atoms with Crippen molar-refractivity contribution < 1.29 is 19.3 Å². The molecule has 0 aromatic rings. The molecule has 0 bridgehead atoms. The number of hydrogen-bond acceptors (Lipinski definition) is 5. The first-order chi connectivity index (χ1) is 9.59. The van der Waals surface area contributed by atoms with Crippen molar-refractivity contribution in [3.8, 4) is 0 Å². The Morgan fingerprint density at radius 1 is 1.25 bits per heavy atom. The van der Waals surface area contributed by atoms with Crippen LogP contribution < -0.4 is 5.32 Å². The summed E-state index contributed by atoms with van der Waals surface area (Å²) < 4.78 is 16.1. The molecule has 0 radical (unpaired) electrons. The van der Waals surface area contributed by atoms with Gasteiger partial charge in [0.25, 0.3) is 0 Å². The molecule has 0 heterocycles. The minimum Gasteiger partial charge on any atom is -0.394 e. The molecule has 1 aliphatic rings. The maximum absolute atomic E-state index is 9.55. The number of ether oxygens (including phenoxy) is 3. The Hall–Kier alpha value is -0.200. The fraction of sp³-hybridized carbons (Fsp3) is 1.00. The van der Waals surface area contributed by atoms with Crippen LogP contribution in [0.1, 0.15) is 39.5 Å². The highest BCUT2D eigenvalue weighted by Crippen LogP contribution is 2.25. The zero-order valence-electron chi connectivity index (χ0n) is 13.2. The molecule has 1 rings (SSSR count). The van der Waals surface area contributed by atoms with E-state index in [0.29, 0.717) is 25.9 Å². The van der Waals surface area contributed by atoms with Gasteiger partial charge in [0.2, 0.25) is 0 Å². The van der Waals surface area contributed by atoms with Crippen LogP contribution in [0.5, 0.6) is 0 Å². The number of aliphatic hydroxyl groups excluding tert-OH is 1. The summed E-state index contributed by atoms with van der Waals surface area (Å²) >= 11 is 0. The molecule has 1 aliphatic carbocycles. The minimum atomic E-state index is -0.236. The molecule has 2 atom stereocenters. The quantitative estimate of drug-likeness (QED) is 0.501. The lowest BCUT2D eigenvalue weighted by Gasteiger charge is -2.31. The molecule has 5 nitrogen and oxygen atoms in total. The number of nitrogens with one attached hydrogen (secondary N) is 1. The summed E-state index contributed by atoms with van der Waals surface area (Å²) in [5, 5.41) is 13.0. The molecule has 1 saturated carbocycles. The first-order valence-electron chi connectivity index (χ1n) is 7.66. The Balaban J connectivity index is 2.04. The van der Waals surface area contributed by atoms with Crippen molar-refractivity contribution in [3.05, 3.63) is 0 Å². The predicted molar refractivity (Wildman–Crippen MR) is 79.0 cm³/mol. The van der Waals surface area contributed by atoms with Gasteiger partial charge in [0.1, 0.15) is 0 Å². The summed E-state index contributed by atoms with van der Waals surface area (Å²) in [7, 11) is 1.69. The number of hydrogen-bond donors (Lipinski definition) is 2. The third-order valence-electron chi connectivity index (χ3n) is 3.48. The van der Waals surface area contributed by atoms with Crippen LogP contribution in [0, 0.1) is 0 Å². The SMILES string of the molecule is COCCCOCCOC(C)CC(C)(CO)NC1CC1. The summed E-state index contributed by atoms with van der Waals surface area (Å²) in [5.41, 5.74) is -0.236. The zero-order chi connectivity index (χ0) is 14.8. The standard InChI is InChI=1S/C15H31NO4/c1-13(20-10-9-19-8-4-7-18-3)11-15(2,12-17)16-14-5-6-14/h13-14,16-17H,4-12H2,1-3H3. The second-order valence-corrected chi connectivity index (χ2v) is 5.98. The van der Waals surface area contributed by atoms with Crippen LogP contribution in [-0.4, -0.2) is 62.9 Å². The van der Waals surface area contributed by atoms with E-state index >= 15 is 0 Å². The van der Waals surface area contributed by atoms with E-state index in [1.54, 1.807) is 7.11 Å². The molecule has 0 spiro atoms. The van der Waals surface area contributed by atoms with E-state index in [-0.39, 0.29) is 18.2 Å². The van der Waals surface area contributed by atoms with Crippen molar-refractivity contribution in [2.75, 3.05) is 40.1 Å². The monoisotopic (exact) mass is 289 g/mol. The van der Waals surface area contributed by atoms with Crippen LogP contribution in [0.3, 0.4) is 0 Å². The van der Waals surface area contributed by atoms with Gasteiger partial charge in [-0.2, -0.15) is 0 Å². The normalized spacial score (nSPS) is 19.8. The van der Waals surface area contributed by atoms with Crippen LogP contribution in [-0.2, 0) is 14.2 Å². The molecule has 0 aliphatic heterocycles. The number of aliphatic hydroxyl groups is 1. The Morgan fingerprint density at radius 2 is 2.00 bits per heavy atom. The average molecular weight is 289 g/mol. The molecule has 0 aromatic heterocycles. The lowest BCUT2D eigenvalue weighted by atomic mass is 9.95. The van der Waals surface area contributed by atoms with Gasteiger partial charge in [-0.1, -0.05) is 0 Å². The predicted octanol–water partition coefficient (Wildman–Crippen LogP) is 1.34. The Labute approximate surface area is 123 Å². The topological polar surface area (TPSA) is 60.0 Å². The van der Waals surface area contributed by atoms with Crippen molar-refractivity contribution in [2.24, 2.45) is 0 Å². The van der Waals surface area contributed by atoms with Crippen LogP contribution in [0.2, 0.25) is 0 Å². The van der Waals surface area contributed by atoms with Gasteiger partial charge >= 0.3 is 0 Å². The van der Waals surface area contributed by atoms with Crippen LogP contribution in [0.25, 0.3) is 0 Å². The number of rotatable bonds is 13. The van der Waals surface area contributed by atoms with Crippen molar-refractivity contribution in [2.45, 2.75) is 57.2 Å². The van der Waals surface area contributed by atoms with Gasteiger partial charge in [0.15, 0.2) is 0 Å². The molecule has 20 heavy (non-hydrogen) atoms. The molecule has 2 unspecified atom stereocenters. The zero-order valence-corrected chi connectivity index (χ0v) is 13.2. The van der Waals surface area contributed by atoms with Crippen molar-refractivity contribution in [1.29, 1.82) is 0 Å². The molecule has 0 saturated heterocycles. The fourth-order valence-corrected chi connectivity index (χ4v) is 2.30. The Bertz CT molecular complexity index is 248. The van der Waals surface area contributed by atoms with Crippen molar-refractivity contribution in [1.82, 2.24) is 5.32 Å². The lowest BCUT2D eigenvalue weighted by molar-refractivity contribution is -0.00964. The smallest absolute Gasteiger partial charge is 0.0704 e. The molecule has 1 fully saturated rings. The third-order valence-corrected chi connectivity index (χ3v) is 3.48. The van der Waals surface area contributed by atoms with E-state index < -0.39 is 0 Å². The summed E-state index contributed by atoms with van der Waals surface area (Å²) in [4.78, 5) is 0. The maximum atomic E-state index is 9.55. The second kappa shape index (κ2) is 9.68. The van der Waals surface area contributed by atoms with E-state index in [1.807, 2.05) is 6.92 Å². The van der Waals surface area contributed by atoms with Gasteiger partial charge in [0.05, 0.1) is 25.9 Å². The highest BCUT2D eigenvalue weighted by molar-refractivity contribution is 4.93. The third kappa shape index (κ3) is 8.17. The van der Waals surface area contributed by atoms with Crippen molar-refractivity contribution >= 4 is 0 Å². The van der Waals surface area contributed by atoms with Gasteiger partial charge in [-0.3, -0.25) is 0 Å². The lowest BCUT2D eigenvalue weighted by Crippen LogP contribution is -2.49. The molecular weight excluding hydrogens is 258 g/mol. The van der Waals surface area contributed by atoms with Gasteiger partial charge in [0, 0.05) is 31.9 Å². The van der Waals surface area contributed by atoms with E-state index in [0.717, 1.165) is 19.4 Å². The van der Waals surface area contributed by atoms with Gasteiger partial charge in [-0.05, 0) is 39.5 Å². The average Bonchev–Trinajstić information content (AvgIpc) is 3.21. The molecule has 2 N–H and O–H groups in total. The minimum absolute atomic E-state index is 0.112. The van der Waals surface area contributed by atoms with Crippen molar-refractivity contribution in [3.63, 3.8) is 0 Å². The summed E-state index contributed by atoms with van der Waals surface area (Å²) in [6, 6.07) is 0.587. The Kier molecular flexibility index (Phi) is 8.64. The van der Waals surface area contributed by atoms with E-state index in [1.165, 1.54) is 12.8 Å². The van der Waals surface area contributed by atoms with Gasteiger partial charge in [-0.25, -0.2) is 0 Å². The maximum Gasteiger partial charge on any atom is 0.0704 e. The summed E-state index contributed by atoms with van der Waals surface area (Å²) in [5.74, 6) is 0.